The van der Waals surface area contributed by atoms with Crippen molar-refractivity contribution in [2.24, 2.45) is 5.92 Å². The third-order valence-corrected chi connectivity index (χ3v) is 5.46. The first-order valence-electron chi connectivity index (χ1n) is 8.92. The third kappa shape index (κ3) is 2.95. The zero-order chi connectivity index (χ0) is 17.6. The molecule has 0 aliphatic carbocycles. The van der Waals surface area contributed by atoms with Gasteiger partial charge in [-0.25, -0.2) is 0 Å². The van der Waals surface area contributed by atoms with Gasteiger partial charge in [0.2, 0.25) is 5.91 Å². The number of amides is 1. The Morgan fingerprint density at radius 1 is 1.24 bits per heavy atom. The van der Waals surface area contributed by atoms with E-state index in [1.54, 1.807) is 4.52 Å². The van der Waals surface area contributed by atoms with Crippen LogP contribution >= 0.6 is 0 Å². The molecule has 1 atom stereocenters. The molecule has 134 valence electrons. The minimum atomic E-state index is 0.145. The number of aryl methyl sites for hydroxylation is 1. The van der Waals surface area contributed by atoms with E-state index in [1.807, 2.05) is 31.0 Å². The van der Waals surface area contributed by atoms with E-state index in [0.29, 0.717) is 0 Å². The minimum absolute atomic E-state index is 0.145. The summed E-state index contributed by atoms with van der Waals surface area (Å²) >= 11 is 0. The molecular weight excluding hydrogens is 318 g/mol. The van der Waals surface area contributed by atoms with Crippen LogP contribution in [0.15, 0.2) is 12.1 Å². The maximum absolute atomic E-state index is 12.8. The number of hydrogen-bond acceptors (Lipinski definition) is 6. The summed E-state index contributed by atoms with van der Waals surface area (Å²) in [6.07, 6.45) is 2.12. The zero-order valence-electron chi connectivity index (χ0n) is 15.1. The van der Waals surface area contributed by atoms with Crippen molar-refractivity contribution < 1.29 is 4.79 Å². The second-order valence-corrected chi connectivity index (χ2v) is 7.32. The number of nitrogens with zero attached hydrogens (tertiary/aromatic N) is 7. The van der Waals surface area contributed by atoms with Gasteiger partial charge in [-0.2, -0.15) is 4.52 Å². The zero-order valence-corrected chi connectivity index (χ0v) is 15.1. The number of hydrogen-bond donors (Lipinski definition) is 0. The third-order valence-electron chi connectivity index (χ3n) is 5.46. The van der Waals surface area contributed by atoms with Crippen LogP contribution in [0.3, 0.4) is 0 Å². The Labute approximate surface area is 147 Å². The van der Waals surface area contributed by atoms with Crippen LogP contribution in [0.5, 0.6) is 0 Å². The van der Waals surface area contributed by atoms with Crippen molar-refractivity contribution in [3.05, 3.63) is 18.0 Å². The van der Waals surface area contributed by atoms with Gasteiger partial charge >= 0.3 is 0 Å². The van der Waals surface area contributed by atoms with E-state index >= 15 is 0 Å². The van der Waals surface area contributed by atoms with Crippen LogP contribution in [0, 0.1) is 12.8 Å². The molecule has 0 spiro atoms. The second kappa shape index (κ2) is 6.25. The first-order chi connectivity index (χ1) is 12.0. The lowest BCUT2D eigenvalue weighted by atomic mass is 9.95. The van der Waals surface area contributed by atoms with Crippen molar-refractivity contribution in [1.82, 2.24) is 29.6 Å². The molecule has 0 radical (unpaired) electrons. The highest BCUT2D eigenvalue weighted by Gasteiger charge is 2.36. The Kier molecular flexibility index (Phi) is 4.07. The van der Waals surface area contributed by atoms with Crippen LogP contribution in [-0.2, 0) is 4.79 Å². The first-order valence-corrected chi connectivity index (χ1v) is 8.92. The normalized spacial score (nSPS) is 22.2. The molecule has 1 unspecified atom stereocenters. The standard InChI is InChI=1S/C17H25N7O/c1-12-18-19-15-6-7-16(20-24(12)15)23-10-14(11-23)22(3)17(25)13-5-4-8-21(2)9-13/h6-7,13-14H,4-5,8-11H2,1-3H3. The average Bonchev–Trinajstić information content (AvgIpc) is 2.93. The van der Waals surface area contributed by atoms with E-state index in [4.69, 9.17) is 0 Å². The van der Waals surface area contributed by atoms with Crippen molar-refractivity contribution >= 4 is 17.4 Å². The molecule has 8 heteroatoms. The maximum atomic E-state index is 12.8. The van der Waals surface area contributed by atoms with Gasteiger partial charge in [0.05, 0.1) is 12.0 Å². The van der Waals surface area contributed by atoms with Crippen LogP contribution in [0.4, 0.5) is 5.82 Å². The van der Waals surface area contributed by atoms with Gasteiger partial charge in [-0.3, -0.25) is 4.79 Å². The molecule has 2 fully saturated rings. The second-order valence-electron chi connectivity index (χ2n) is 7.32. The number of anilines is 1. The topological polar surface area (TPSA) is 69.9 Å². The molecule has 2 saturated heterocycles. The SMILES string of the molecule is Cc1nnc2ccc(N3CC(N(C)C(=O)C4CCCN(C)C4)C3)nn12. The number of rotatable bonds is 3. The van der Waals surface area contributed by atoms with E-state index in [2.05, 4.69) is 32.1 Å². The number of likely N-dealkylation sites (N-methyl/N-ethyl adjacent to an activating group) is 1. The van der Waals surface area contributed by atoms with Gasteiger partial charge in [0.25, 0.3) is 0 Å². The number of aromatic nitrogens is 4. The van der Waals surface area contributed by atoms with Crippen molar-refractivity contribution in [3.8, 4) is 0 Å². The van der Waals surface area contributed by atoms with E-state index in [-0.39, 0.29) is 17.9 Å². The number of fused-ring (bicyclic) bond motifs is 1. The lowest BCUT2D eigenvalue weighted by Crippen LogP contribution is -2.61. The molecule has 2 aromatic rings. The fraction of sp³-hybridized carbons (Fsp3) is 0.647. The minimum Gasteiger partial charge on any atom is -0.351 e. The average molecular weight is 343 g/mol. The Bertz CT molecular complexity index is 782. The van der Waals surface area contributed by atoms with E-state index < -0.39 is 0 Å². The number of likely N-dealkylation sites (tertiary alicyclic amines) is 1. The van der Waals surface area contributed by atoms with Crippen LogP contribution in [0.2, 0.25) is 0 Å². The summed E-state index contributed by atoms with van der Waals surface area (Å²) < 4.78 is 1.76. The molecule has 2 aliphatic heterocycles. The lowest BCUT2D eigenvalue weighted by Gasteiger charge is -2.45. The predicted octanol–water partition coefficient (Wildman–Crippen LogP) is 0.422. The Hall–Kier alpha value is -2.22. The van der Waals surface area contributed by atoms with Crippen molar-refractivity contribution in [1.29, 1.82) is 0 Å². The summed E-state index contributed by atoms with van der Waals surface area (Å²) in [6, 6.07) is 4.17. The van der Waals surface area contributed by atoms with Gasteiger partial charge in [0, 0.05) is 26.7 Å². The number of carbonyl (C=O) groups excluding carboxylic acids is 1. The first kappa shape index (κ1) is 16.3. The Morgan fingerprint density at radius 3 is 2.80 bits per heavy atom. The molecule has 1 amide bonds. The molecule has 2 aliphatic rings. The lowest BCUT2D eigenvalue weighted by molar-refractivity contribution is -0.138. The van der Waals surface area contributed by atoms with Gasteiger partial charge in [-0.1, -0.05) is 0 Å². The quantitative estimate of drug-likeness (QED) is 0.805. The highest BCUT2D eigenvalue weighted by molar-refractivity contribution is 5.79. The highest BCUT2D eigenvalue weighted by atomic mass is 16.2. The molecule has 25 heavy (non-hydrogen) atoms. The van der Waals surface area contributed by atoms with Gasteiger partial charge in [-0.05, 0) is 45.5 Å². The molecule has 4 heterocycles. The molecule has 8 nitrogen and oxygen atoms in total. The summed E-state index contributed by atoms with van der Waals surface area (Å²) in [5.41, 5.74) is 0.757. The molecule has 0 aromatic carbocycles. The maximum Gasteiger partial charge on any atom is 0.227 e. The monoisotopic (exact) mass is 343 g/mol. The van der Waals surface area contributed by atoms with Crippen LogP contribution in [0.25, 0.3) is 5.65 Å². The molecule has 0 saturated carbocycles. The van der Waals surface area contributed by atoms with Crippen LogP contribution < -0.4 is 4.90 Å². The fourth-order valence-corrected chi connectivity index (χ4v) is 3.78. The number of piperidine rings is 1. The van der Waals surface area contributed by atoms with Gasteiger partial charge in [0.1, 0.15) is 5.82 Å². The summed E-state index contributed by atoms with van der Waals surface area (Å²) in [5, 5.41) is 12.7. The summed E-state index contributed by atoms with van der Waals surface area (Å²) in [4.78, 5) is 19.1. The van der Waals surface area contributed by atoms with Crippen LogP contribution in [0.1, 0.15) is 18.7 Å². The summed E-state index contributed by atoms with van der Waals surface area (Å²) in [7, 11) is 4.04. The Morgan fingerprint density at radius 2 is 2.04 bits per heavy atom. The smallest absolute Gasteiger partial charge is 0.227 e. The van der Waals surface area contributed by atoms with Crippen molar-refractivity contribution in [2.45, 2.75) is 25.8 Å². The molecule has 4 rings (SSSR count). The largest absolute Gasteiger partial charge is 0.351 e. The molecule has 2 aromatic heterocycles. The fourth-order valence-electron chi connectivity index (χ4n) is 3.78. The van der Waals surface area contributed by atoms with E-state index in [9.17, 15) is 4.79 Å². The molecule has 0 bridgehead atoms. The van der Waals surface area contributed by atoms with E-state index in [0.717, 1.165) is 56.3 Å². The predicted molar refractivity (Wildman–Crippen MR) is 94.5 cm³/mol. The van der Waals surface area contributed by atoms with Gasteiger partial charge in [-0.15, -0.1) is 15.3 Å². The summed E-state index contributed by atoms with van der Waals surface area (Å²) in [6.45, 7) is 5.52. The van der Waals surface area contributed by atoms with E-state index in [1.165, 1.54) is 0 Å². The molecule has 0 N–H and O–H groups in total. The van der Waals surface area contributed by atoms with Crippen molar-refractivity contribution in [2.75, 3.05) is 45.2 Å². The highest BCUT2D eigenvalue weighted by Crippen LogP contribution is 2.24. The molecular formula is C17H25N7O. The Balaban J connectivity index is 1.38. The number of carbonyl (C=O) groups is 1. The summed E-state index contributed by atoms with van der Waals surface area (Å²) in [5.74, 6) is 2.12. The van der Waals surface area contributed by atoms with Crippen molar-refractivity contribution in [3.63, 3.8) is 0 Å². The van der Waals surface area contributed by atoms with Crippen LogP contribution in [-0.4, -0.2) is 81.8 Å². The van der Waals surface area contributed by atoms with Gasteiger partial charge < -0.3 is 14.7 Å². The van der Waals surface area contributed by atoms with Gasteiger partial charge in [0.15, 0.2) is 11.5 Å².